The lowest BCUT2D eigenvalue weighted by molar-refractivity contribution is 0.383. The summed E-state index contributed by atoms with van der Waals surface area (Å²) in [7, 11) is 0. The number of hydrogen-bond donors (Lipinski definition) is 0. The standard InChI is InChI=1S/C11H8BrNO/c12-8-3-1-7-2-4-11-10(6-13-14-11)9(7)5-8/h1,3,5-6H,2,4H2. The van der Waals surface area contributed by atoms with Crippen LogP contribution in [0.15, 0.2) is 33.4 Å². The van der Waals surface area contributed by atoms with E-state index in [1.807, 2.05) is 0 Å². The molecule has 2 nitrogen and oxygen atoms in total. The fraction of sp³-hybridized carbons (Fsp3) is 0.182. The Hall–Kier alpha value is -1.09. The highest BCUT2D eigenvalue weighted by Gasteiger charge is 2.19. The molecule has 0 bridgehead atoms. The van der Waals surface area contributed by atoms with Gasteiger partial charge in [-0.3, -0.25) is 0 Å². The molecule has 1 aromatic heterocycles. The molecule has 1 aromatic carbocycles. The van der Waals surface area contributed by atoms with E-state index >= 15 is 0 Å². The number of fused-ring (bicyclic) bond motifs is 3. The Morgan fingerprint density at radius 2 is 2.14 bits per heavy atom. The Morgan fingerprint density at radius 1 is 1.21 bits per heavy atom. The van der Waals surface area contributed by atoms with Gasteiger partial charge in [-0.05, 0) is 29.7 Å². The first-order valence-corrected chi connectivity index (χ1v) is 5.36. The normalized spacial score (nSPS) is 13.5. The lowest BCUT2D eigenvalue weighted by Gasteiger charge is -2.14. The van der Waals surface area contributed by atoms with Crippen LogP contribution in [0.3, 0.4) is 0 Å². The van der Waals surface area contributed by atoms with Crippen LogP contribution in [-0.2, 0) is 12.8 Å². The van der Waals surface area contributed by atoms with Gasteiger partial charge in [0.25, 0.3) is 0 Å². The zero-order valence-electron chi connectivity index (χ0n) is 7.46. The molecule has 3 heteroatoms. The molecule has 0 radical (unpaired) electrons. The van der Waals surface area contributed by atoms with E-state index in [-0.39, 0.29) is 0 Å². The first-order valence-electron chi connectivity index (χ1n) is 4.57. The van der Waals surface area contributed by atoms with Crippen LogP contribution in [0.1, 0.15) is 11.3 Å². The first kappa shape index (κ1) is 8.24. The minimum Gasteiger partial charge on any atom is -0.361 e. The smallest absolute Gasteiger partial charge is 0.144 e. The third kappa shape index (κ3) is 1.12. The maximum absolute atomic E-state index is 5.19. The van der Waals surface area contributed by atoms with Gasteiger partial charge in [-0.1, -0.05) is 27.2 Å². The van der Waals surface area contributed by atoms with Crippen molar-refractivity contribution in [1.82, 2.24) is 5.16 Å². The summed E-state index contributed by atoms with van der Waals surface area (Å²) in [5, 5.41) is 3.84. The quantitative estimate of drug-likeness (QED) is 0.717. The van der Waals surface area contributed by atoms with Crippen LogP contribution in [0.2, 0.25) is 0 Å². The third-order valence-corrected chi connectivity index (χ3v) is 3.12. The third-order valence-electron chi connectivity index (χ3n) is 2.63. The van der Waals surface area contributed by atoms with Gasteiger partial charge in [-0.15, -0.1) is 0 Å². The van der Waals surface area contributed by atoms with Crippen LogP contribution in [-0.4, -0.2) is 5.16 Å². The van der Waals surface area contributed by atoms with Gasteiger partial charge in [0.05, 0.1) is 6.20 Å². The Kier molecular flexibility index (Phi) is 1.74. The molecule has 70 valence electrons. The highest BCUT2D eigenvalue weighted by Crippen LogP contribution is 2.34. The summed E-state index contributed by atoms with van der Waals surface area (Å²) in [5.41, 5.74) is 3.78. The SMILES string of the molecule is Brc1ccc2c(c1)-c1cnoc1CC2. The first-order chi connectivity index (χ1) is 6.84. The molecule has 0 N–H and O–H groups in total. The van der Waals surface area contributed by atoms with Crippen molar-refractivity contribution in [3.63, 3.8) is 0 Å². The Labute approximate surface area is 90.0 Å². The van der Waals surface area contributed by atoms with Gasteiger partial charge in [0.15, 0.2) is 0 Å². The molecule has 1 aliphatic rings. The van der Waals surface area contributed by atoms with Crippen molar-refractivity contribution in [1.29, 1.82) is 0 Å². The molecule has 2 aromatic rings. The predicted molar refractivity (Wildman–Crippen MR) is 57.0 cm³/mol. The molecule has 1 aliphatic carbocycles. The summed E-state index contributed by atoms with van der Waals surface area (Å²) in [6, 6.07) is 6.37. The number of aryl methyl sites for hydroxylation is 2. The van der Waals surface area contributed by atoms with Crippen LogP contribution < -0.4 is 0 Å². The van der Waals surface area contributed by atoms with Gasteiger partial charge < -0.3 is 4.52 Å². The monoisotopic (exact) mass is 249 g/mol. The van der Waals surface area contributed by atoms with Crippen molar-refractivity contribution in [3.05, 3.63) is 40.2 Å². The zero-order chi connectivity index (χ0) is 9.54. The maximum Gasteiger partial charge on any atom is 0.144 e. The fourth-order valence-electron chi connectivity index (χ4n) is 1.93. The number of nitrogens with zero attached hydrogens (tertiary/aromatic N) is 1. The van der Waals surface area contributed by atoms with Gasteiger partial charge in [0.1, 0.15) is 5.76 Å². The summed E-state index contributed by atoms with van der Waals surface area (Å²) < 4.78 is 6.29. The number of hydrogen-bond acceptors (Lipinski definition) is 2. The van der Waals surface area contributed by atoms with E-state index in [1.165, 1.54) is 11.1 Å². The van der Waals surface area contributed by atoms with E-state index < -0.39 is 0 Å². The molecule has 0 fully saturated rings. The molecule has 0 unspecified atom stereocenters. The zero-order valence-corrected chi connectivity index (χ0v) is 9.04. The number of rotatable bonds is 0. The Morgan fingerprint density at radius 3 is 3.07 bits per heavy atom. The molecule has 3 rings (SSSR count). The van der Waals surface area contributed by atoms with Gasteiger partial charge in [-0.25, -0.2) is 0 Å². The number of aromatic nitrogens is 1. The molecule has 0 atom stereocenters. The molecular weight excluding hydrogens is 242 g/mol. The number of benzene rings is 1. The van der Waals surface area contributed by atoms with Crippen LogP contribution in [0.4, 0.5) is 0 Å². The van der Waals surface area contributed by atoms with Gasteiger partial charge in [0, 0.05) is 16.5 Å². The van der Waals surface area contributed by atoms with Crippen molar-refractivity contribution in [2.45, 2.75) is 12.8 Å². The summed E-state index contributed by atoms with van der Waals surface area (Å²) in [5.74, 6) is 1.01. The molecule has 0 saturated carbocycles. The van der Waals surface area contributed by atoms with E-state index in [9.17, 15) is 0 Å². The van der Waals surface area contributed by atoms with E-state index in [4.69, 9.17) is 4.52 Å². The summed E-state index contributed by atoms with van der Waals surface area (Å²) in [4.78, 5) is 0. The molecule has 0 spiro atoms. The lowest BCUT2D eigenvalue weighted by atomic mass is 9.91. The second kappa shape index (κ2) is 2.95. The summed E-state index contributed by atoms with van der Waals surface area (Å²) in [6.45, 7) is 0. The van der Waals surface area contributed by atoms with Crippen molar-refractivity contribution >= 4 is 15.9 Å². The van der Waals surface area contributed by atoms with Crippen LogP contribution in [0, 0.1) is 0 Å². The van der Waals surface area contributed by atoms with E-state index in [2.05, 4.69) is 39.3 Å². The predicted octanol–water partition coefficient (Wildman–Crippen LogP) is 3.20. The molecular formula is C11H8BrNO. The summed E-state index contributed by atoms with van der Waals surface area (Å²) >= 11 is 3.48. The van der Waals surface area contributed by atoms with Crippen LogP contribution >= 0.6 is 15.9 Å². The van der Waals surface area contributed by atoms with Gasteiger partial charge in [0.2, 0.25) is 0 Å². The van der Waals surface area contributed by atoms with Crippen LogP contribution in [0.25, 0.3) is 11.1 Å². The topological polar surface area (TPSA) is 26.0 Å². The largest absolute Gasteiger partial charge is 0.361 e. The highest BCUT2D eigenvalue weighted by atomic mass is 79.9. The second-order valence-corrected chi connectivity index (χ2v) is 4.38. The van der Waals surface area contributed by atoms with E-state index in [0.29, 0.717) is 0 Å². The van der Waals surface area contributed by atoms with Crippen molar-refractivity contribution in [2.75, 3.05) is 0 Å². The van der Waals surface area contributed by atoms with E-state index in [0.717, 1.165) is 28.6 Å². The van der Waals surface area contributed by atoms with Crippen LogP contribution in [0.5, 0.6) is 0 Å². The second-order valence-electron chi connectivity index (χ2n) is 3.46. The lowest BCUT2D eigenvalue weighted by Crippen LogP contribution is -2.00. The van der Waals surface area contributed by atoms with Crippen molar-refractivity contribution < 1.29 is 4.52 Å². The van der Waals surface area contributed by atoms with E-state index in [1.54, 1.807) is 6.20 Å². The average Bonchev–Trinajstić information content (AvgIpc) is 2.65. The Balaban J connectivity index is 2.28. The number of halogens is 1. The fourth-order valence-corrected chi connectivity index (χ4v) is 2.29. The van der Waals surface area contributed by atoms with Crippen molar-refractivity contribution in [2.24, 2.45) is 0 Å². The summed E-state index contributed by atoms with van der Waals surface area (Å²) in [6.07, 6.45) is 3.81. The Bertz CT molecular complexity index is 490. The molecule has 0 aliphatic heterocycles. The van der Waals surface area contributed by atoms with Gasteiger partial charge in [-0.2, -0.15) is 0 Å². The van der Waals surface area contributed by atoms with Crippen molar-refractivity contribution in [3.8, 4) is 11.1 Å². The average molecular weight is 250 g/mol. The molecule has 0 amide bonds. The van der Waals surface area contributed by atoms with Gasteiger partial charge >= 0.3 is 0 Å². The minimum atomic E-state index is 0.962. The maximum atomic E-state index is 5.19. The minimum absolute atomic E-state index is 0.962. The molecule has 0 saturated heterocycles. The molecule has 1 heterocycles. The highest BCUT2D eigenvalue weighted by molar-refractivity contribution is 9.10. The molecule has 14 heavy (non-hydrogen) atoms.